The first kappa shape index (κ1) is 11.8. The molecule has 1 aromatic rings. The second kappa shape index (κ2) is 4.32. The van der Waals surface area contributed by atoms with Crippen LogP contribution in [0, 0.1) is 12.3 Å². The Bertz CT molecular complexity index is 458. The number of hydrogen-bond donors (Lipinski definition) is 1. The Kier molecular flexibility index (Phi) is 3.01. The molecule has 0 bridgehead atoms. The molecule has 0 unspecified atom stereocenters. The lowest BCUT2D eigenvalue weighted by Crippen LogP contribution is -2.17. The largest absolute Gasteiger partial charge is 0.478 e. The van der Waals surface area contributed by atoms with Gasteiger partial charge in [-0.05, 0) is 26.3 Å². The number of ether oxygens (including phenoxy) is 1. The first-order chi connectivity index (χ1) is 7.96. The fourth-order valence-electron chi connectivity index (χ4n) is 1.76. The molecule has 0 saturated heterocycles. The summed E-state index contributed by atoms with van der Waals surface area (Å²) < 4.78 is 5.49. The Hall–Kier alpha value is -1.64. The van der Waals surface area contributed by atoms with Crippen LogP contribution in [0.25, 0.3) is 0 Å². The molecule has 1 aliphatic heterocycles. The molecule has 0 fully saturated rings. The van der Waals surface area contributed by atoms with Crippen LogP contribution < -0.4 is 0 Å². The third-order valence-electron chi connectivity index (χ3n) is 2.75. The Labute approximate surface area is 102 Å². The molecule has 0 saturated carbocycles. The molecule has 2 rings (SSSR count). The maximum atomic E-state index is 8.03. The minimum atomic E-state index is -0.136. The number of aliphatic imine (C=N–C) groups is 1. The van der Waals surface area contributed by atoms with Crippen LogP contribution in [0.3, 0.4) is 0 Å². The van der Waals surface area contributed by atoms with Crippen molar-refractivity contribution in [3.63, 3.8) is 0 Å². The minimum Gasteiger partial charge on any atom is -0.478 e. The molecule has 1 aromatic carbocycles. The van der Waals surface area contributed by atoms with E-state index in [4.69, 9.17) is 10.1 Å². The van der Waals surface area contributed by atoms with Gasteiger partial charge in [0.2, 0.25) is 0 Å². The standard InChI is InChI=1S/C14H18N2O/c1-10-4-6-11(7-5-10)12(15)8-13-16-14(2,3)9-17-13/h4-7,15H,8-9H2,1-3H3. The fourth-order valence-corrected chi connectivity index (χ4v) is 1.76. The Balaban J connectivity index is 2.05. The molecule has 0 aromatic heterocycles. The zero-order chi connectivity index (χ0) is 12.5. The van der Waals surface area contributed by atoms with Crippen molar-refractivity contribution in [2.24, 2.45) is 4.99 Å². The van der Waals surface area contributed by atoms with Gasteiger partial charge in [0, 0.05) is 5.71 Å². The van der Waals surface area contributed by atoms with Gasteiger partial charge in [0.15, 0.2) is 5.90 Å². The molecule has 3 nitrogen and oxygen atoms in total. The van der Waals surface area contributed by atoms with Crippen LogP contribution in [0.1, 0.15) is 31.4 Å². The van der Waals surface area contributed by atoms with E-state index in [1.165, 1.54) is 5.56 Å². The van der Waals surface area contributed by atoms with Crippen LogP contribution >= 0.6 is 0 Å². The summed E-state index contributed by atoms with van der Waals surface area (Å²) in [5.74, 6) is 0.681. The summed E-state index contributed by atoms with van der Waals surface area (Å²) >= 11 is 0. The van der Waals surface area contributed by atoms with Gasteiger partial charge in [0.1, 0.15) is 6.61 Å². The van der Waals surface area contributed by atoms with Gasteiger partial charge in [0.25, 0.3) is 0 Å². The van der Waals surface area contributed by atoms with E-state index in [2.05, 4.69) is 4.99 Å². The highest BCUT2D eigenvalue weighted by atomic mass is 16.5. The maximum absolute atomic E-state index is 8.03. The van der Waals surface area contributed by atoms with Gasteiger partial charge in [-0.3, -0.25) is 0 Å². The quantitative estimate of drug-likeness (QED) is 0.797. The fraction of sp³-hybridized carbons (Fsp3) is 0.429. The van der Waals surface area contributed by atoms with Crippen LogP contribution in [0.5, 0.6) is 0 Å². The smallest absolute Gasteiger partial charge is 0.190 e. The average Bonchev–Trinajstić information content (AvgIpc) is 2.59. The van der Waals surface area contributed by atoms with Crippen LogP contribution in [0.2, 0.25) is 0 Å². The van der Waals surface area contributed by atoms with Crippen molar-refractivity contribution >= 4 is 11.6 Å². The third-order valence-corrected chi connectivity index (χ3v) is 2.75. The summed E-state index contributed by atoms with van der Waals surface area (Å²) in [4.78, 5) is 4.46. The van der Waals surface area contributed by atoms with Crippen molar-refractivity contribution in [3.8, 4) is 0 Å². The van der Waals surface area contributed by atoms with Crippen molar-refractivity contribution in [1.29, 1.82) is 5.41 Å². The molecule has 1 N–H and O–H groups in total. The normalized spacial score (nSPS) is 17.5. The first-order valence-corrected chi connectivity index (χ1v) is 5.82. The lowest BCUT2D eigenvalue weighted by atomic mass is 10.1. The molecule has 3 heteroatoms. The van der Waals surface area contributed by atoms with Crippen molar-refractivity contribution in [1.82, 2.24) is 0 Å². The van der Waals surface area contributed by atoms with Gasteiger partial charge in [-0.2, -0.15) is 0 Å². The predicted octanol–water partition coefficient (Wildman–Crippen LogP) is 2.96. The van der Waals surface area contributed by atoms with Gasteiger partial charge < -0.3 is 10.1 Å². The van der Waals surface area contributed by atoms with Gasteiger partial charge in [-0.1, -0.05) is 29.8 Å². The van der Waals surface area contributed by atoms with Crippen LogP contribution in [0.4, 0.5) is 0 Å². The summed E-state index contributed by atoms with van der Waals surface area (Å²) in [6, 6.07) is 7.98. The molecular weight excluding hydrogens is 212 g/mol. The molecule has 0 atom stereocenters. The van der Waals surface area contributed by atoms with Gasteiger partial charge in [-0.25, -0.2) is 4.99 Å². The summed E-state index contributed by atoms with van der Waals surface area (Å²) in [6.07, 6.45) is 0.479. The highest BCUT2D eigenvalue weighted by Crippen LogP contribution is 2.19. The molecule has 1 aliphatic rings. The van der Waals surface area contributed by atoms with Crippen LogP contribution in [-0.2, 0) is 4.74 Å². The minimum absolute atomic E-state index is 0.136. The number of nitrogens with zero attached hydrogens (tertiary/aromatic N) is 1. The van der Waals surface area contributed by atoms with Crippen molar-refractivity contribution in [3.05, 3.63) is 35.4 Å². The second-order valence-electron chi connectivity index (χ2n) is 5.13. The summed E-state index contributed by atoms with van der Waals surface area (Å²) in [6.45, 7) is 6.73. The third kappa shape index (κ3) is 2.93. The highest BCUT2D eigenvalue weighted by molar-refractivity contribution is 6.09. The van der Waals surface area contributed by atoms with Crippen molar-refractivity contribution in [2.75, 3.05) is 6.61 Å². The van der Waals surface area contributed by atoms with E-state index in [1.807, 2.05) is 45.0 Å². The molecule has 0 spiro atoms. The molecule has 0 amide bonds. The van der Waals surface area contributed by atoms with Crippen LogP contribution in [-0.4, -0.2) is 23.8 Å². The number of benzene rings is 1. The van der Waals surface area contributed by atoms with E-state index in [1.54, 1.807) is 0 Å². The van der Waals surface area contributed by atoms with E-state index in [0.29, 0.717) is 24.6 Å². The monoisotopic (exact) mass is 230 g/mol. The van der Waals surface area contributed by atoms with E-state index < -0.39 is 0 Å². The highest BCUT2D eigenvalue weighted by Gasteiger charge is 2.26. The molecule has 1 heterocycles. The van der Waals surface area contributed by atoms with Gasteiger partial charge in [0.05, 0.1) is 12.0 Å². The first-order valence-electron chi connectivity index (χ1n) is 5.82. The van der Waals surface area contributed by atoms with Crippen molar-refractivity contribution < 1.29 is 4.74 Å². The van der Waals surface area contributed by atoms with Crippen LogP contribution in [0.15, 0.2) is 29.3 Å². The van der Waals surface area contributed by atoms with E-state index in [9.17, 15) is 0 Å². The lowest BCUT2D eigenvalue weighted by molar-refractivity contribution is 0.276. The van der Waals surface area contributed by atoms with Gasteiger partial charge in [-0.15, -0.1) is 0 Å². The van der Waals surface area contributed by atoms with E-state index in [-0.39, 0.29) is 5.54 Å². The second-order valence-corrected chi connectivity index (χ2v) is 5.13. The Morgan fingerprint density at radius 1 is 1.35 bits per heavy atom. The number of aryl methyl sites for hydroxylation is 1. The van der Waals surface area contributed by atoms with Gasteiger partial charge >= 0.3 is 0 Å². The molecule has 90 valence electrons. The van der Waals surface area contributed by atoms with E-state index >= 15 is 0 Å². The number of hydrogen-bond acceptors (Lipinski definition) is 3. The SMILES string of the molecule is Cc1ccc(C(=N)CC2=NC(C)(C)CO2)cc1. The number of rotatable bonds is 3. The zero-order valence-electron chi connectivity index (χ0n) is 10.6. The van der Waals surface area contributed by atoms with E-state index in [0.717, 1.165) is 5.56 Å². The zero-order valence-corrected chi connectivity index (χ0v) is 10.6. The number of nitrogens with one attached hydrogen (secondary N) is 1. The summed E-state index contributed by atoms with van der Waals surface area (Å²) in [7, 11) is 0. The lowest BCUT2D eigenvalue weighted by Gasteiger charge is -2.07. The topological polar surface area (TPSA) is 45.4 Å². The summed E-state index contributed by atoms with van der Waals surface area (Å²) in [5, 5.41) is 8.03. The molecule has 17 heavy (non-hydrogen) atoms. The predicted molar refractivity (Wildman–Crippen MR) is 70.1 cm³/mol. The molecule has 0 radical (unpaired) electrons. The Morgan fingerprint density at radius 3 is 2.53 bits per heavy atom. The molecular formula is C14H18N2O. The molecule has 0 aliphatic carbocycles. The average molecular weight is 230 g/mol. The Morgan fingerprint density at radius 2 is 2.00 bits per heavy atom. The van der Waals surface area contributed by atoms with Crippen molar-refractivity contribution in [2.45, 2.75) is 32.7 Å². The summed E-state index contributed by atoms with van der Waals surface area (Å²) in [5.41, 5.74) is 2.56. The maximum Gasteiger partial charge on any atom is 0.190 e.